The minimum Gasteiger partial charge on any atom is -0.352 e. The summed E-state index contributed by atoms with van der Waals surface area (Å²) >= 11 is 0. The van der Waals surface area contributed by atoms with E-state index in [4.69, 9.17) is 0 Å². The Balaban J connectivity index is 2.40. The smallest absolute Gasteiger partial charge is 0.238 e. The average molecular weight is 261 g/mol. The van der Waals surface area contributed by atoms with Crippen molar-refractivity contribution >= 4 is 5.69 Å². The highest BCUT2D eigenvalue weighted by molar-refractivity contribution is 5.55. The maximum Gasteiger partial charge on any atom is 0.238 e. The van der Waals surface area contributed by atoms with Gasteiger partial charge in [-0.1, -0.05) is 47.5 Å². The molecule has 0 radical (unpaired) electrons. The van der Waals surface area contributed by atoms with E-state index in [0.29, 0.717) is 5.56 Å². The summed E-state index contributed by atoms with van der Waals surface area (Å²) < 4.78 is 0. The summed E-state index contributed by atoms with van der Waals surface area (Å²) in [6, 6.07) is 19.2. The van der Waals surface area contributed by atoms with Crippen LogP contribution in [0.5, 0.6) is 0 Å². The summed E-state index contributed by atoms with van der Waals surface area (Å²) in [6.07, 6.45) is 0. The maximum absolute atomic E-state index is 9.48. The Labute approximate surface area is 119 Å². The fraction of sp³-hybridized carbons (Fsp3) is 0.176. The van der Waals surface area contributed by atoms with Crippen LogP contribution in [0.1, 0.15) is 16.7 Å². The molecule has 1 N–H and O–H groups in total. The van der Waals surface area contributed by atoms with E-state index in [-0.39, 0.29) is 0 Å². The zero-order chi connectivity index (χ0) is 14.6. The molecule has 0 spiro atoms. The van der Waals surface area contributed by atoms with E-state index < -0.39 is 5.54 Å². The Hall–Kier alpha value is -2.78. The first-order valence-electron chi connectivity index (χ1n) is 6.34. The maximum atomic E-state index is 9.48. The van der Waals surface area contributed by atoms with Crippen molar-refractivity contribution in [3.05, 3.63) is 65.2 Å². The van der Waals surface area contributed by atoms with Gasteiger partial charge in [-0.05, 0) is 26.0 Å². The minimum atomic E-state index is -1.37. The van der Waals surface area contributed by atoms with Gasteiger partial charge in [-0.15, -0.1) is 0 Å². The molecule has 3 heteroatoms. The Morgan fingerprint density at radius 3 is 1.70 bits per heavy atom. The lowest BCUT2D eigenvalue weighted by Gasteiger charge is -2.22. The SMILES string of the molecule is Cc1ccc(NC(C#N)(C#N)c2ccc(C)cc2)cc1. The lowest BCUT2D eigenvalue weighted by molar-refractivity contribution is 0.811. The number of anilines is 1. The third-order valence-corrected chi connectivity index (χ3v) is 3.20. The predicted octanol–water partition coefficient (Wildman–Crippen LogP) is 3.66. The first-order valence-corrected chi connectivity index (χ1v) is 6.34. The molecule has 0 heterocycles. The van der Waals surface area contributed by atoms with E-state index in [0.717, 1.165) is 16.8 Å². The Bertz CT molecular complexity index is 656. The van der Waals surface area contributed by atoms with Gasteiger partial charge in [-0.2, -0.15) is 10.5 Å². The fourth-order valence-electron chi connectivity index (χ4n) is 1.94. The topological polar surface area (TPSA) is 59.6 Å². The van der Waals surface area contributed by atoms with Gasteiger partial charge in [0, 0.05) is 11.3 Å². The summed E-state index contributed by atoms with van der Waals surface area (Å²) in [5, 5.41) is 22.0. The van der Waals surface area contributed by atoms with Gasteiger partial charge in [0.05, 0.1) is 0 Å². The lowest BCUT2D eigenvalue weighted by atomic mass is 9.92. The largest absolute Gasteiger partial charge is 0.352 e. The van der Waals surface area contributed by atoms with Gasteiger partial charge < -0.3 is 5.32 Å². The van der Waals surface area contributed by atoms with Crippen LogP contribution in [-0.2, 0) is 5.54 Å². The highest BCUT2D eigenvalue weighted by atomic mass is 15.0. The highest BCUT2D eigenvalue weighted by Gasteiger charge is 2.32. The number of hydrogen-bond acceptors (Lipinski definition) is 3. The molecule has 0 aromatic heterocycles. The van der Waals surface area contributed by atoms with Crippen LogP contribution in [-0.4, -0.2) is 0 Å². The van der Waals surface area contributed by atoms with E-state index in [1.165, 1.54) is 0 Å². The number of benzene rings is 2. The third kappa shape index (κ3) is 2.63. The quantitative estimate of drug-likeness (QED) is 0.917. The Morgan fingerprint density at radius 1 is 0.800 bits per heavy atom. The molecule has 0 bridgehead atoms. The molecule has 2 rings (SSSR count). The van der Waals surface area contributed by atoms with Crippen LogP contribution in [0.3, 0.4) is 0 Å². The molecule has 0 aliphatic rings. The van der Waals surface area contributed by atoms with Crippen LogP contribution in [0, 0.1) is 36.5 Å². The number of aryl methyl sites for hydroxylation is 2. The van der Waals surface area contributed by atoms with Crippen molar-refractivity contribution in [2.75, 3.05) is 5.32 Å². The summed E-state index contributed by atoms with van der Waals surface area (Å²) in [6.45, 7) is 3.96. The van der Waals surface area contributed by atoms with Gasteiger partial charge in [0.15, 0.2) is 0 Å². The molecule has 0 atom stereocenters. The normalized spacial score (nSPS) is 10.4. The van der Waals surface area contributed by atoms with Crippen molar-refractivity contribution in [2.45, 2.75) is 19.4 Å². The number of nitriles is 2. The van der Waals surface area contributed by atoms with Crippen molar-refractivity contribution in [3.63, 3.8) is 0 Å². The molecule has 3 nitrogen and oxygen atoms in total. The molecule has 0 aliphatic carbocycles. The van der Waals surface area contributed by atoms with E-state index in [2.05, 4.69) is 17.5 Å². The van der Waals surface area contributed by atoms with Crippen molar-refractivity contribution in [3.8, 4) is 12.1 Å². The Kier molecular flexibility index (Phi) is 3.73. The van der Waals surface area contributed by atoms with Gasteiger partial charge >= 0.3 is 0 Å². The second-order valence-electron chi connectivity index (χ2n) is 4.83. The molecule has 0 unspecified atom stereocenters. The van der Waals surface area contributed by atoms with Crippen molar-refractivity contribution in [1.82, 2.24) is 0 Å². The van der Waals surface area contributed by atoms with Gasteiger partial charge in [-0.3, -0.25) is 0 Å². The second kappa shape index (κ2) is 5.47. The first-order chi connectivity index (χ1) is 9.59. The zero-order valence-corrected chi connectivity index (χ0v) is 11.5. The molecule has 98 valence electrons. The number of nitrogens with zero attached hydrogens (tertiary/aromatic N) is 2. The second-order valence-corrected chi connectivity index (χ2v) is 4.83. The van der Waals surface area contributed by atoms with E-state index >= 15 is 0 Å². The molecular formula is C17H15N3. The van der Waals surface area contributed by atoms with Gasteiger partial charge in [0.25, 0.3) is 0 Å². The fourth-order valence-corrected chi connectivity index (χ4v) is 1.94. The summed E-state index contributed by atoms with van der Waals surface area (Å²) in [5.41, 5.74) is 2.25. The molecule has 0 aliphatic heterocycles. The molecule has 2 aromatic rings. The molecule has 20 heavy (non-hydrogen) atoms. The van der Waals surface area contributed by atoms with Crippen molar-refractivity contribution in [1.29, 1.82) is 10.5 Å². The lowest BCUT2D eigenvalue weighted by Crippen LogP contribution is -2.32. The van der Waals surface area contributed by atoms with Crippen LogP contribution < -0.4 is 5.32 Å². The van der Waals surface area contributed by atoms with Crippen molar-refractivity contribution in [2.24, 2.45) is 0 Å². The van der Waals surface area contributed by atoms with Crippen molar-refractivity contribution < 1.29 is 0 Å². The standard InChI is InChI=1S/C17H15N3/c1-13-3-7-15(8-4-13)17(11-18,12-19)20-16-9-5-14(2)6-10-16/h3-10,20H,1-2H3. The molecule has 0 saturated heterocycles. The van der Waals surface area contributed by atoms with Crippen LogP contribution in [0.4, 0.5) is 5.69 Å². The summed E-state index contributed by atoms with van der Waals surface area (Å²) in [7, 11) is 0. The molecular weight excluding hydrogens is 246 g/mol. The van der Waals surface area contributed by atoms with Gasteiger partial charge in [0.1, 0.15) is 12.1 Å². The predicted molar refractivity (Wildman–Crippen MR) is 78.9 cm³/mol. The van der Waals surface area contributed by atoms with E-state index in [9.17, 15) is 10.5 Å². The number of rotatable bonds is 3. The van der Waals surface area contributed by atoms with Gasteiger partial charge in [0.2, 0.25) is 5.54 Å². The van der Waals surface area contributed by atoms with E-state index in [1.54, 1.807) is 0 Å². The van der Waals surface area contributed by atoms with Crippen LogP contribution in [0.15, 0.2) is 48.5 Å². The van der Waals surface area contributed by atoms with Crippen LogP contribution in [0.25, 0.3) is 0 Å². The van der Waals surface area contributed by atoms with Crippen LogP contribution >= 0.6 is 0 Å². The summed E-state index contributed by atoms with van der Waals surface area (Å²) in [4.78, 5) is 0. The van der Waals surface area contributed by atoms with Crippen LogP contribution in [0.2, 0.25) is 0 Å². The number of nitrogens with one attached hydrogen (secondary N) is 1. The molecule has 0 fully saturated rings. The average Bonchev–Trinajstić information content (AvgIpc) is 2.48. The third-order valence-electron chi connectivity index (χ3n) is 3.20. The van der Waals surface area contributed by atoms with Gasteiger partial charge in [-0.25, -0.2) is 0 Å². The Morgan fingerprint density at radius 2 is 1.25 bits per heavy atom. The van der Waals surface area contributed by atoms with E-state index in [1.807, 2.05) is 62.4 Å². The molecule has 0 amide bonds. The first kappa shape index (κ1) is 13.6. The summed E-state index contributed by atoms with van der Waals surface area (Å²) in [5.74, 6) is 0. The highest BCUT2D eigenvalue weighted by Crippen LogP contribution is 2.26. The zero-order valence-electron chi connectivity index (χ0n) is 11.5. The minimum absolute atomic E-state index is 0.647. The monoisotopic (exact) mass is 261 g/mol. The molecule has 2 aromatic carbocycles. The number of hydrogen-bond donors (Lipinski definition) is 1. The molecule has 0 saturated carbocycles.